The van der Waals surface area contributed by atoms with Crippen LogP contribution in [-0.2, 0) is 17.8 Å². The summed E-state index contributed by atoms with van der Waals surface area (Å²) in [6, 6.07) is 23.3. The average Bonchev–Trinajstić information content (AvgIpc) is 3.31. The first-order valence-electron chi connectivity index (χ1n) is 10.7. The predicted molar refractivity (Wildman–Crippen MR) is 137 cm³/mol. The molecule has 1 aliphatic rings. The number of para-hydroxylation sites is 1. The molecule has 0 unspecified atom stereocenters. The van der Waals surface area contributed by atoms with E-state index in [-0.39, 0.29) is 11.1 Å². The van der Waals surface area contributed by atoms with Gasteiger partial charge in [0, 0.05) is 28.7 Å². The minimum absolute atomic E-state index is 0.309. The van der Waals surface area contributed by atoms with Gasteiger partial charge in [-0.3, -0.25) is 9.59 Å². The van der Waals surface area contributed by atoms with Crippen LogP contribution in [0.4, 0.5) is 10.5 Å². The Hall–Kier alpha value is -3.28. The summed E-state index contributed by atoms with van der Waals surface area (Å²) in [6.45, 7) is 2.88. The highest BCUT2D eigenvalue weighted by atomic mass is 35.5. The molecule has 2 heterocycles. The minimum Gasteiger partial charge on any atom is -0.342 e. The fraction of sp³-hybridized carbons (Fsp3) is 0.111. The summed E-state index contributed by atoms with van der Waals surface area (Å²) in [5.41, 5.74) is 5.06. The number of imide groups is 1. The van der Waals surface area contributed by atoms with Crippen LogP contribution in [0.5, 0.6) is 0 Å². The average molecular weight is 473 g/mol. The maximum Gasteiger partial charge on any atom is 0.298 e. The van der Waals surface area contributed by atoms with Gasteiger partial charge in [-0.1, -0.05) is 67.1 Å². The van der Waals surface area contributed by atoms with Crippen molar-refractivity contribution in [3.05, 3.63) is 106 Å². The van der Waals surface area contributed by atoms with Crippen LogP contribution in [0, 0.1) is 0 Å². The number of aromatic nitrogens is 1. The Morgan fingerprint density at radius 3 is 2.42 bits per heavy atom. The molecule has 0 N–H and O–H groups in total. The van der Waals surface area contributed by atoms with Gasteiger partial charge in [-0.15, -0.1) is 0 Å². The van der Waals surface area contributed by atoms with Crippen LogP contribution >= 0.6 is 23.4 Å². The summed E-state index contributed by atoms with van der Waals surface area (Å²) in [7, 11) is 0. The number of halogens is 1. The van der Waals surface area contributed by atoms with Crippen LogP contribution in [0.25, 0.3) is 17.0 Å². The first kappa shape index (κ1) is 21.6. The smallest absolute Gasteiger partial charge is 0.298 e. The zero-order valence-electron chi connectivity index (χ0n) is 18.0. The Balaban J connectivity index is 1.57. The van der Waals surface area contributed by atoms with Crippen LogP contribution in [0.1, 0.15) is 23.6 Å². The van der Waals surface area contributed by atoms with E-state index in [4.69, 9.17) is 11.6 Å². The predicted octanol–water partition coefficient (Wildman–Crippen LogP) is 7.15. The van der Waals surface area contributed by atoms with E-state index < -0.39 is 0 Å². The van der Waals surface area contributed by atoms with Crippen LogP contribution in [0.15, 0.2) is 83.9 Å². The van der Waals surface area contributed by atoms with Crippen molar-refractivity contribution in [2.24, 2.45) is 0 Å². The maximum absolute atomic E-state index is 13.1. The number of carbonyl (C=O) groups excluding carboxylic acids is 2. The Labute approximate surface area is 201 Å². The summed E-state index contributed by atoms with van der Waals surface area (Å²) < 4.78 is 2.23. The fourth-order valence-corrected chi connectivity index (χ4v) is 5.15. The third kappa shape index (κ3) is 4.10. The summed E-state index contributed by atoms with van der Waals surface area (Å²) in [5.74, 6) is -0.317. The van der Waals surface area contributed by atoms with Gasteiger partial charge in [-0.25, -0.2) is 4.90 Å². The number of anilines is 1. The summed E-state index contributed by atoms with van der Waals surface area (Å²) in [6.07, 6.45) is 4.82. The molecular weight excluding hydrogens is 452 g/mol. The third-order valence-corrected chi connectivity index (χ3v) is 6.88. The first-order valence-corrected chi connectivity index (χ1v) is 11.9. The molecule has 0 aliphatic carbocycles. The molecule has 0 saturated carbocycles. The molecule has 164 valence electrons. The SMILES string of the molecule is CCc1cccc2c(/C=C3\SC(=O)N(c4ccc(Cl)cc4)C3=O)cn(Cc3ccccc3)c12. The van der Waals surface area contributed by atoms with Gasteiger partial charge in [0.05, 0.1) is 16.1 Å². The topological polar surface area (TPSA) is 42.3 Å². The van der Waals surface area contributed by atoms with Gasteiger partial charge in [0.25, 0.3) is 11.1 Å². The highest BCUT2D eigenvalue weighted by molar-refractivity contribution is 8.19. The molecule has 0 spiro atoms. The number of hydrogen-bond donors (Lipinski definition) is 0. The van der Waals surface area contributed by atoms with Crippen molar-refractivity contribution in [2.75, 3.05) is 4.90 Å². The summed E-state index contributed by atoms with van der Waals surface area (Å²) >= 11 is 6.92. The zero-order chi connectivity index (χ0) is 22.9. The third-order valence-electron chi connectivity index (χ3n) is 5.75. The molecule has 4 nitrogen and oxygen atoms in total. The van der Waals surface area contributed by atoms with Gasteiger partial charge in [-0.2, -0.15) is 0 Å². The molecule has 1 aromatic heterocycles. The first-order chi connectivity index (χ1) is 16.0. The second kappa shape index (κ2) is 8.93. The lowest BCUT2D eigenvalue weighted by Crippen LogP contribution is -2.27. The molecule has 1 aliphatic heterocycles. The van der Waals surface area contributed by atoms with E-state index in [0.29, 0.717) is 15.6 Å². The van der Waals surface area contributed by atoms with Crippen LogP contribution < -0.4 is 4.90 Å². The van der Waals surface area contributed by atoms with Gasteiger partial charge in [0.1, 0.15) is 0 Å². The van der Waals surface area contributed by atoms with E-state index in [1.165, 1.54) is 16.0 Å². The number of amides is 2. The van der Waals surface area contributed by atoms with Crippen molar-refractivity contribution >= 4 is 57.2 Å². The number of benzene rings is 3. The van der Waals surface area contributed by atoms with Crippen molar-refractivity contribution in [1.82, 2.24) is 4.57 Å². The summed E-state index contributed by atoms with van der Waals surface area (Å²) in [5, 5.41) is 1.32. The standard InChI is InChI=1S/C27H21ClN2O2S/c1-2-19-9-6-10-23-20(17-29(25(19)23)16-18-7-4-3-5-8-18)15-24-26(31)30(27(32)33-24)22-13-11-21(28)12-14-22/h3-15,17H,2,16H2,1H3/b24-15-. The maximum atomic E-state index is 13.1. The molecule has 6 heteroatoms. The van der Waals surface area contributed by atoms with Crippen molar-refractivity contribution in [1.29, 1.82) is 0 Å². The van der Waals surface area contributed by atoms with Gasteiger partial charge >= 0.3 is 0 Å². The van der Waals surface area contributed by atoms with E-state index >= 15 is 0 Å². The van der Waals surface area contributed by atoms with E-state index in [0.717, 1.165) is 41.2 Å². The number of aryl methyl sites for hydroxylation is 1. The second-order valence-corrected chi connectivity index (χ2v) is 9.29. The summed E-state index contributed by atoms with van der Waals surface area (Å²) in [4.78, 5) is 27.4. The van der Waals surface area contributed by atoms with Crippen molar-refractivity contribution in [3.8, 4) is 0 Å². The molecule has 1 fully saturated rings. The molecule has 0 bridgehead atoms. The Morgan fingerprint density at radius 2 is 1.70 bits per heavy atom. The highest BCUT2D eigenvalue weighted by Gasteiger charge is 2.36. The van der Waals surface area contributed by atoms with Gasteiger partial charge in [0.15, 0.2) is 0 Å². The monoisotopic (exact) mass is 472 g/mol. The van der Waals surface area contributed by atoms with E-state index in [9.17, 15) is 9.59 Å². The molecule has 3 aromatic carbocycles. The van der Waals surface area contributed by atoms with Gasteiger partial charge < -0.3 is 4.57 Å². The molecule has 1 saturated heterocycles. The minimum atomic E-state index is -0.317. The van der Waals surface area contributed by atoms with E-state index in [2.05, 4.69) is 42.0 Å². The lowest BCUT2D eigenvalue weighted by molar-refractivity contribution is -0.113. The number of fused-ring (bicyclic) bond motifs is 1. The molecule has 5 rings (SSSR count). The lowest BCUT2D eigenvalue weighted by atomic mass is 10.1. The van der Waals surface area contributed by atoms with Gasteiger partial charge in [0.2, 0.25) is 0 Å². The molecule has 0 radical (unpaired) electrons. The number of thioether (sulfide) groups is 1. The molecular formula is C27H21ClN2O2S. The number of nitrogens with zero attached hydrogens (tertiary/aromatic N) is 2. The van der Waals surface area contributed by atoms with Crippen molar-refractivity contribution in [3.63, 3.8) is 0 Å². The van der Waals surface area contributed by atoms with Crippen LogP contribution in [0.3, 0.4) is 0 Å². The normalized spacial score (nSPS) is 15.2. The van der Waals surface area contributed by atoms with Crippen molar-refractivity contribution < 1.29 is 9.59 Å². The molecule has 4 aromatic rings. The Morgan fingerprint density at radius 1 is 0.939 bits per heavy atom. The van der Waals surface area contributed by atoms with Gasteiger partial charge in [-0.05, 0) is 59.7 Å². The molecule has 33 heavy (non-hydrogen) atoms. The molecule has 2 amide bonds. The van der Waals surface area contributed by atoms with Crippen LogP contribution in [-0.4, -0.2) is 15.7 Å². The zero-order valence-corrected chi connectivity index (χ0v) is 19.6. The Bertz CT molecular complexity index is 1390. The molecule has 0 atom stereocenters. The lowest BCUT2D eigenvalue weighted by Gasteiger charge is -2.12. The fourth-order valence-electron chi connectivity index (χ4n) is 4.19. The highest BCUT2D eigenvalue weighted by Crippen LogP contribution is 2.37. The number of carbonyl (C=O) groups is 2. The number of rotatable bonds is 5. The van der Waals surface area contributed by atoms with Crippen LogP contribution in [0.2, 0.25) is 5.02 Å². The van der Waals surface area contributed by atoms with E-state index in [1.807, 2.05) is 30.3 Å². The van der Waals surface area contributed by atoms with E-state index in [1.54, 1.807) is 24.3 Å². The van der Waals surface area contributed by atoms with Crippen molar-refractivity contribution in [2.45, 2.75) is 19.9 Å². The largest absolute Gasteiger partial charge is 0.342 e. The number of hydrogen-bond acceptors (Lipinski definition) is 3. The quantitative estimate of drug-likeness (QED) is 0.290. The second-order valence-electron chi connectivity index (χ2n) is 7.86. The Kier molecular flexibility index (Phi) is 5.83.